The maximum absolute atomic E-state index is 4.65. The summed E-state index contributed by atoms with van der Waals surface area (Å²) in [6.07, 6.45) is 7.09. The Labute approximate surface area is 160 Å². The lowest BCUT2D eigenvalue weighted by Gasteiger charge is -2.31. The molecule has 3 heterocycles. The first-order valence-electron chi connectivity index (χ1n) is 9.91. The number of rotatable bonds is 5. The first-order valence-corrected chi connectivity index (χ1v) is 9.91. The molecule has 1 aliphatic heterocycles. The van der Waals surface area contributed by atoms with Crippen molar-refractivity contribution in [2.24, 2.45) is 7.05 Å². The predicted octanol–water partition coefficient (Wildman–Crippen LogP) is 3.70. The molecule has 0 saturated carbocycles. The van der Waals surface area contributed by atoms with E-state index in [0.29, 0.717) is 6.04 Å². The van der Waals surface area contributed by atoms with E-state index < -0.39 is 0 Å². The third-order valence-electron chi connectivity index (χ3n) is 5.43. The van der Waals surface area contributed by atoms with Gasteiger partial charge in [0.2, 0.25) is 0 Å². The highest BCUT2D eigenvalue weighted by molar-refractivity contribution is 5.86. The SMILES string of the molecule is Cc1nc(NCC(c2ccccc2)N2CCCCCC2)c2cnn(C)c2n1. The zero-order valence-electron chi connectivity index (χ0n) is 16.2. The third-order valence-corrected chi connectivity index (χ3v) is 5.43. The summed E-state index contributed by atoms with van der Waals surface area (Å²) >= 11 is 0. The first-order chi connectivity index (χ1) is 13.2. The van der Waals surface area contributed by atoms with Gasteiger partial charge in [-0.15, -0.1) is 0 Å². The number of likely N-dealkylation sites (tertiary alicyclic amines) is 1. The molecule has 2 aromatic heterocycles. The molecule has 0 amide bonds. The number of nitrogens with one attached hydrogen (secondary N) is 1. The molecule has 0 radical (unpaired) electrons. The average molecular weight is 364 g/mol. The first kappa shape index (κ1) is 17.9. The minimum Gasteiger partial charge on any atom is -0.367 e. The summed E-state index contributed by atoms with van der Waals surface area (Å²) in [5.41, 5.74) is 2.23. The van der Waals surface area contributed by atoms with Gasteiger partial charge in [0, 0.05) is 13.6 Å². The zero-order valence-corrected chi connectivity index (χ0v) is 16.2. The molecule has 1 aromatic carbocycles. The Morgan fingerprint density at radius 2 is 1.78 bits per heavy atom. The topological polar surface area (TPSA) is 58.9 Å². The summed E-state index contributed by atoms with van der Waals surface area (Å²) in [6.45, 7) is 5.07. The van der Waals surface area contributed by atoms with E-state index in [0.717, 1.165) is 42.3 Å². The number of anilines is 1. The van der Waals surface area contributed by atoms with Crippen LogP contribution in [0.4, 0.5) is 5.82 Å². The van der Waals surface area contributed by atoms with Gasteiger partial charge in [-0.25, -0.2) is 9.97 Å². The maximum atomic E-state index is 4.65. The van der Waals surface area contributed by atoms with E-state index in [9.17, 15) is 0 Å². The molecule has 1 N–H and O–H groups in total. The van der Waals surface area contributed by atoms with Crippen molar-refractivity contribution in [1.29, 1.82) is 0 Å². The number of aromatic nitrogens is 4. The molecular weight excluding hydrogens is 336 g/mol. The monoisotopic (exact) mass is 364 g/mol. The van der Waals surface area contributed by atoms with Crippen LogP contribution in [0.2, 0.25) is 0 Å². The van der Waals surface area contributed by atoms with Gasteiger partial charge in [0.05, 0.1) is 17.6 Å². The smallest absolute Gasteiger partial charge is 0.163 e. The van der Waals surface area contributed by atoms with E-state index >= 15 is 0 Å². The number of hydrogen-bond acceptors (Lipinski definition) is 5. The lowest BCUT2D eigenvalue weighted by atomic mass is 10.0. The molecule has 0 aliphatic carbocycles. The van der Waals surface area contributed by atoms with Crippen LogP contribution < -0.4 is 5.32 Å². The van der Waals surface area contributed by atoms with Crippen molar-refractivity contribution in [1.82, 2.24) is 24.6 Å². The molecule has 27 heavy (non-hydrogen) atoms. The molecule has 1 saturated heterocycles. The molecule has 1 atom stereocenters. The molecule has 0 spiro atoms. The summed E-state index contributed by atoms with van der Waals surface area (Å²) in [6, 6.07) is 11.2. The molecule has 1 fully saturated rings. The highest BCUT2D eigenvalue weighted by atomic mass is 15.3. The van der Waals surface area contributed by atoms with Crippen LogP contribution in [0.25, 0.3) is 11.0 Å². The number of aryl methyl sites for hydroxylation is 2. The van der Waals surface area contributed by atoms with Gasteiger partial charge in [-0.1, -0.05) is 43.2 Å². The molecule has 142 valence electrons. The van der Waals surface area contributed by atoms with Crippen LogP contribution in [0.1, 0.15) is 43.1 Å². The fourth-order valence-electron chi connectivity index (χ4n) is 4.00. The van der Waals surface area contributed by atoms with Crippen LogP contribution in [0.3, 0.4) is 0 Å². The molecule has 6 nitrogen and oxygen atoms in total. The van der Waals surface area contributed by atoms with Gasteiger partial charge in [0.15, 0.2) is 5.65 Å². The van der Waals surface area contributed by atoms with Crippen molar-refractivity contribution in [2.45, 2.75) is 38.6 Å². The van der Waals surface area contributed by atoms with Crippen molar-refractivity contribution >= 4 is 16.9 Å². The van der Waals surface area contributed by atoms with Crippen LogP contribution in [0.5, 0.6) is 0 Å². The Bertz CT molecular complexity index is 880. The van der Waals surface area contributed by atoms with E-state index in [1.165, 1.54) is 31.2 Å². The molecule has 0 bridgehead atoms. The lowest BCUT2D eigenvalue weighted by Crippen LogP contribution is -2.34. The van der Waals surface area contributed by atoms with E-state index in [1.807, 2.05) is 20.2 Å². The van der Waals surface area contributed by atoms with Gasteiger partial charge in [-0.2, -0.15) is 5.10 Å². The number of hydrogen-bond donors (Lipinski definition) is 1. The maximum Gasteiger partial charge on any atom is 0.163 e. The Kier molecular flexibility index (Phi) is 5.34. The molecule has 1 aliphatic rings. The summed E-state index contributed by atoms with van der Waals surface area (Å²) in [4.78, 5) is 11.8. The van der Waals surface area contributed by atoms with Gasteiger partial charge in [-0.3, -0.25) is 9.58 Å². The van der Waals surface area contributed by atoms with E-state index in [2.05, 4.69) is 55.6 Å². The normalized spacial score (nSPS) is 17.0. The van der Waals surface area contributed by atoms with Crippen molar-refractivity contribution < 1.29 is 0 Å². The Hall–Kier alpha value is -2.47. The van der Waals surface area contributed by atoms with Crippen molar-refractivity contribution in [3.63, 3.8) is 0 Å². The van der Waals surface area contributed by atoms with Gasteiger partial charge in [0.1, 0.15) is 11.6 Å². The minimum atomic E-state index is 0.339. The highest BCUT2D eigenvalue weighted by Crippen LogP contribution is 2.26. The molecule has 4 rings (SSSR count). The summed E-state index contributed by atoms with van der Waals surface area (Å²) in [7, 11) is 1.92. The predicted molar refractivity (Wildman–Crippen MR) is 109 cm³/mol. The molecule has 6 heteroatoms. The Morgan fingerprint density at radius 1 is 1.04 bits per heavy atom. The third kappa shape index (κ3) is 3.95. The quantitative estimate of drug-likeness (QED) is 0.748. The van der Waals surface area contributed by atoms with E-state index in [4.69, 9.17) is 0 Å². The van der Waals surface area contributed by atoms with E-state index in [-0.39, 0.29) is 0 Å². The van der Waals surface area contributed by atoms with Gasteiger partial charge in [-0.05, 0) is 38.4 Å². The van der Waals surface area contributed by atoms with Crippen LogP contribution in [0, 0.1) is 6.92 Å². The molecule has 3 aromatic rings. The fourth-order valence-corrected chi connectivity index (χ4v) is 4.00. The van der Waals surface area contributed by atoms with Gasteiger partial charge < -0.3 is 5.32 Å². The van der Waals surface area contributed by atoms with E-state index in [1.54, 1.807) is 4.68 Å². The number of nitrogens with zero attached hydrogens (tertiary/aromatic N) is 5. The van der Waals surface area contributed by atoms with Crippen LogP contribution in [-0.2, 0) is 7.05 Å². The Balaban J connectivity index is 1.60. The van der Waals surface area contributed by atoms with Crippen LogP contribution in [0.15, 0.2) is 36.5 Å². The van der Waals surface area contributed by atoms with Gasteiger partial charge in [0.25, 0.3) is 0 Å². The summed E-state index contributed by atoms with van der Waals surface area (Å²) in [5, 5.41) is 8.94. The average Bonchev–Trinajstić information content (AvgIpc) is 2.89. The van der Waals surface area contributed by atoms with Crippen LogP contribution >= 0.6 is 0 Å². The second kappa shape index (κ2) is 8.05. The molecular formula is C21H28N6. The van der Waals surface area contributed by atoms with Crippen molar-refractivity contribution in [2.75, 3.05) is 25.0 Å². The van der Waals surface area contributed by atoms with Crippen molar-refractivity contribution in [3.05, 3.63) is 47.9 Å². The summed E-state index contributed by atoms with van der Waals surface area (Å²) in [5.74, 6) is 1.64. The standard InChI is InChI=1S/C21H28N6/c1-16-24-20(18-14-23-26(2)21(18)25-16)22-15-19(17-10-6-5-7-11-17)27-12-8-3-4-9-13-27/h5-7,10-11,14,19H,3-4,8-9,12-13,15H2,1-2H3,(H,22,24,25). The van der Waals surface area contributed by atoms with Gasteiger partial charge >= 0.3 is 0 Å². The second-order valence-electron chi connectivity index (χ2n) is 7.38. The largest absolute Gasteiger partial charge is 0.367 e. The minimum absolute atomic E-state index is 0.339. The zero-order chi connectivity index (χ0) is 18.6. The number of benzene rings is 1. The summed E-state index contributed by atoms with van der Waals surface area (Å²) < 4.78 is 1.80. The van der Waals surface area contributed by atoms with Crippen molar-refractivity contribution in [3.8, 4) is 0 Å². The number of fused-ring (bicyclic) bond motifs is 1. The molecule has 1 unspecified atom stereocenters. The fraction of sp³-hybridized carbons (Fsp3) is 0.476. The Morgan fingerprint density at radius 3 is 2.52 bits per heavy atom. The lowest BCUT2D eigenvalue weighted by molar-refractivity contribution is 0.213. The highest BCUT2D eigenvalue weighted by Gasteiger charge is 2.22. The van der Waals surface area contributed by atoms with Crippen LogP contribution in [-0.4, -0.2) is 44.3 Å². The second-order valence-corrected chi connectivity index (χ2v) is 7.38.